The summed E-state index contributed by atoms with van der Waals surface area (Å²) in [6, 6.07) is 4.17. The normalized spacial score (nSPS) is 35.1. The molecule has 0 bridgehead atoms. The van der Waals surface area contributed by atoms with Crippen LogP contribution >= 0.6 is 0 Å². The van der Waals surface area contributed by atoms with Crippen molar-refractivity contribution in [2.75, 3.05) is 24.7 Å². The van der Waals surface area contributed by atoms with Gasteiger partial charge in [-0.1, -0.05) is 42.5 Å². The first-order chi connectivity index (χ1) is 16.7. The van der Waals surface area contributed by atoms with Gasteiger partial charge in [-0.15, -0.1) is 0 Å². The quantitative estimate of drug-likeness (QED) is 0.526. The summed E-state index contributed by atoms with van der Waals surface area (Å²) in [6.45, 7) is 7.59. The Labute approximate surface area is 205 Å². The summed E-state index contributed by atoms with van der Waals surface area (Å²) in [5.74, 6) is -3.02. The van der Waals surface area contributed by atoms with Gasteiger partial charge in [-0.25, -0.2) is 0 Å². The van der Waals surface area contributed by atoms with Crippen LogP contribution in [0.15, 0.2) is 42.5 Å². The van der Waals surface area contributed by atoms with Crippen molar-refractivity contribution >= 4 is 23.5 Å². The molecule has 1 N–H and O–H groups in total. The number of hydrogen-bond donors (Lipinski definition) is 1. The van der Waals surface area contributed by atoms with E-state index in [1.54, 1.807) is 24.8 Å². The van der Waals surface area contributed by atoms with Crippen molar-refractivity contribution in [1.82, 2.24) is 4.90 Å². The Bertz CT molecular complexity index is 1120. The molecular formula is C27H32N2O6. The van der Waals surface area contributed by atoms with Crippen LogP contribution in [0.3, 0.4) is 0 Å². The number of aliphatic hydroxyl groups is 1. The first-order valence-electron chi connectivity index (χ1n) is 12.2. The summed E-state index contributed by atoms with van der Waals surface area (Å²) in [4.78, 5) is 44.7. The number of rotatable bonds is 3. The maximum Gasteiger partial charge on any atom is 0.313 e. The Balaban J connectivity index is 1.70. The monoisotopic (exact) mass is 480 g/mol. The van der Waals surface area contributed by atoms with E-state index in [2.05, 4.69) is 0 Å². The van der Waals surface area contributed by atoms with Crippen LogP contribution in [-0.4, -0.2) is 70.8 Å². The summed E-state index contributed by atoms with van der Waals surface area (Å²) in [6.07, 6.45) is 7.94. The van der Waals surface area contributed by atoms with Gasteiger partial charge < -0.3 is 24.4 Å². The van der Waals surface area contributed by atoms with Gasteiger partial charge in [0.15, 0.2) is 0 Å². The Kier molecular flexibility index (Phi) is 5.64. The largest absolute Gasteiger partial charge is 0.465 e. The molecular weight excluding hydrogens is 448 g/mol. The summed E-state index contributed by atoms with van der Waals surface area (Å²) >= 11 is 0. The molecule has 4 heterocycles. The second-order valence-electron chi connectivity index (χ2n) is 10.2. The highest BCUT2D eigenvalue weighted by molar-refractivity contribution is 6.06. The number of aliphatic hydroxyl groups excluding tert-OH is 1. The molecule has 1 aromatic rings. The number of fused-ring (bicyclic) bond motifs is 2. The molecule has 0 aliphatic carbocycles. The second kappa shape index (κ2) is 8.31. The van der Waals surface area contributed by atoms with Crippen LogP contribution in [0.4, 0.5) is 5.69 Å². The van der Waals surface area contributed by atoms with Gasteiger partial charge in [-0.05, 0) is 45.2 Å². The Morgan fingerprint density at radius 1 is 1.09 bits per heavy atom. The fraction of sp³-hybridized carbons (Fsp3) is 0.519. The molecule has 0 radical (unpaired) electrons. The van der Waals surface area contributed by atoms with E-state index >= 15 is 0 Å². The lowest BCUT2D eigenvalue weighted by Crippen LogP contribution is -2.58. The third-order valence-electron chi connectivity index (χ3n) is 7.91. The number of likely N-dealkylation sites (tertiary alicyclic amines) is 1. The maximum absolute atomic E-state index is 14.4. The van der Waals surface area contributed by atoms with Gasteiger partial charge >= 0.3 is 5.97 Å². The molecule has 4 aliphatic rings. The summed E-state index contributed by atoms with van der Waals surface area (Å²) in [5.41, 5.74) is 0.204. The number of anilines is 1. The molecule has 1 spiro atoms. The number of para-hydroxylation sites is 1. The fourth-order valence-electron chi connectivity index (χ4n) is 6.42. The number of benzene rings is 1. The first kappa shape index (κ1) is 23.8. The molecule has 8 nitrogen and oxygen atoms in total. The summed E-state index contributed by atoms with van der Waals surface area (Å²) in [7, 11) is 0. The van der Waals surface area contributed by atoms with Gasteiger partial charge in [-0.2, -0.15) is 0 Å². The third-order valence-corrected chi connectivity index (χ3v) is 7.91. The zero-order valence-corrected chi connectivity index (χ0v) is 20.6. The lowest BCUT2D eigenvalue weighted by molar-refractivity contribution is -0.160. The lowest BCUT2D eigenvalue weighted by Gasteiger charge is -2.39. The van der Waals surface area contributed by atoms with Crippen LogP contribution in [0.1, 0.15) is 31.4 Å². The number of esters is 1. The van der Waals surface area contributed by atoms with Crippen molar-refractivity contribution < 1.29 is 29.0 Å². The predicted molar refractivity (Wildman–Crippen MR) is 129 cm³/mol. The fourth-order valence-corrected chi connectivity index (χ4v) is 6.42. The Hall–Kier alpha value is -2.97. The number of ether oxygens (including phenoxy) is 2. The molecule has 4 aliphatic heterocycles. The van der Waals surface area contributed by atoms with E-state index in [0.717, 1.165) is 16.8 Å². The van der Waals surface area contributed by atoms with Gasteiger partial charge in [0.05, 0.1) is 30.8 Å². The molecule has 6 atom stereocenters. The number of cyclic esters (lactones) is 1. The molecule has 8 heteroatoms. The van der Waals surface area contributed by atoms with Crippen molar-refractivity contribution in [2.24, 2.45) is 11.8 Å². The maximum atomic E-state index is 14.4. The van der Waals surface area contributed by atoms with Gasteiger partial charge in [0.1, 0.15) is 17.6 Å². The number of carbonyl (C=O) groups excluding carboxylic acids is 3. The number of nitrogens with zero attached hydrogens (tertiary/aromatic N) is 2. The van der Waals surface area contributed by atoms with Crippen LogP contribution in [0.2, 0.25) is 0 Å². The van der Waals surface area contributed by atoms with E-state index in [0.29, 0.717) is 13.0 Å². The molecule has 0 saturated carbocycles. The van der Waals surface area contributed by atoms with E-state index in [9.17, 15) is 19.5 Å². The summed E-state index contributed by atoms with van der Waals surface area (Å²) in [5, 5.41) is 10.0. The molecule has 2 saturated heterocycles. The molecule has 5 rings (SSSR count). The standard InChI is InChI=1S/C27H32N2O6/c1-16-9-7-10-17(2)21(16)28-13-8-12-27-19(23(31)29(18(3)15-30)22(27)24(28)32)20-25(33)34-14-6-5-11-26(20,4)35-27/h5,7-12,18-20,22,30H,6,13-15H2,1-4H3/t18-,19+,20-,22?,26+,27+/m1/s1. The predicted octanol–water partition coefficient (Wildman–Crippen LogP) is 2.06. The zero-order valence-electron chi connectivity index (χ0n) is 20.6. The molecule has 1 unspecified atom stereocenters. The molecule has 2 fully saturated rings. The minimum absolute atomic E-state index is 0.227. The Morgan fingerprint density at radius 3 is 2.49 bits per heavy atom. The first-order valence-corrected chi connectivity index (χ1v) is 12.2. The number of amides is 2. The highest BCUT2D eigenvalue weighted by atomic mass is 16.6. The molecule has 2 amide bonds. The van der Waals surface area contributed by atoms with Gasteiger partial charge in [-0.3, -0.25) is 14.4 Å². The van der Waals surface area contributed by atoms with E-state index < -0.39 is 41.1 Å². The smallest absolute Gasteiger partial charge is 0.313 e. The van der Waals surface area contributed by atoms with Crippen LogP contribution < -0.4 is 4.90 Å². The average Bonchev–Trinajstić information content (AvgIpc) is 3.14. The topological polar surface area (TPSA) is 96.4 Å². The van der Waals surface area contributed by atoms with Crippen molar-refractivity contribution in [2.45, 2.75) is 57.4 Å². The third kappa shape index (κ3) is 3.30. The minimum Gasteiger partial charge on any atom is -0.465 e. The van der Waals surface area contributed by atoms with Crippen molar-refractivity contribution in [3.63, 3.8) is 0 Å². The second-order valence-corrected chi connectivity index (χ2v) is 10.2. The van der Waals surface area contributed by atoms with Gasteiger partial charge in [0.2, 0.25) is 5.91 Å². The molecule has 1 aromatic carbocycles. The van der Waals surface area contributed by atoms with Gasteiger partial charge in [0.25, 0.3) is 5.91 Å². The van der Waals surface area contributed by atoms with Crippen LogP contribution in [-0.2, 0) is 23.9 Å². The SMILES string of the molecule is Cc1cccc(C)c1N1CC=C[C@]23O[C@@]4(C)C=CCCOC(=O)[C@H]4[C@H]2C(=O)N([C@H](C)CO)C3C1=O. The average molecular weight is 481 g/mol. The van der Waals surface area contributed by atoms with Crippen molar-refractivity contribution in [3.05, 3.63) is 53.6 Å². The van der Waals surface area contributed by atoms with Crippen molar-refractivity contribution in [3.8, 4) is 0 Å². The lowest BCUT2D eigenvalue weighted by atomic mass is 9.74. The zero-order chi connectivity index (χ0) is 25.1. The highest BCUT2D eigenvalue weighted by Crippen LogP contribution is 2.57. The number of aryl methyl sites for hydroxylation is 2. The van der Waals surface area contributed by atoms with Gasteiger partial charge in [0, 0.05) is 12.2 Å². The van der Waals surface area contributed by atoms with Crippen LogP contribution in [0.5, 0.6) is 0 Å². The van der Waals surface area contributed by atoms with E-state index in [4.69, 9.17) is 9.47 Å². The molecule has 35 heavy (non-hydrogen) atoms. The van der Waals surface area contributed by atoms with E-state index in [1.165, 1.54) is 4.90 Å². The molecule has 186 valence electrons. The minimum atomic E-state index is -1.37. The van der Waals surface area contributed by atoms with E-state index in [-0.39, 0.29) is 25.0 Å². The molecule has 0 aromatic heterocycles. The highest BCUT2D eigenvalue weighted by Gasteiger charge is 2.75. The van der Waals surface area contributed by atoms with E-state index in [1.807, 2.05) is 50.3 Å². The van der Waals surface area contributed by atoms with Crippen LogP contribution in [0.25, 0.3) is 0 Å². The Morgan fingerprint density at radius 2 is 1.80 bits per heavy atom. The number of hydrogen-bond acceptors (Lipinski definition) is 6. The number of carbonyl (C=O) groups is 3. The summed E-state index contributed by atoms with van der Waals surface area (Å²) < 4.78 is 12.2. The van der Waals surface area contributed by atoms with Crippen molar-refractivity contribution in [1.29, 1.82) is 0 Å². The van der Waals surface area contributed by atoms with Crippen LogP contribution in [0, 0.1) is 25.7 Å².